The van der Waals surface area contributed by atoms with E-state index in [4.69, 9.17) is 14.2 Å². The number of allylic oxidation sites excluding steroid dienone is 4. The molecule has 122 valence electrons. The van der Waals surface area contributed by atoms with Crippen LogP contribution in [-0.2, 0) is 14.2 Å². The van der Waals surface area contributed by atoms with Gasteiger partial charge in [0.15, 0.2) is 11.5 Å². The van der Waals surface area contributed by atoms with Crippen LogP contribution in [0.15, 0.2) is 60.1 Å². The number of ether oxygens (including phenoxy) is 3. The molecule has 0 aromatic carbocycles. The summed E-state index contributed by atoms with van der Waals surface area (Å²) in [7, 11) is 3.38. The zero-order valence-electron chi connectivity index (χ0n) is 14.0. The second-order valence-electron chi connectivity index (χ2n) is 5.11. The Morgan fingerprint density at radius 1 is 1.36 bits per heavy atom. The lowest BCUT2D eigenvalue weighted by Crippen LogP contribution is -2.04. The van der Waals surface area contributed by atoms with Crippen LogP contribution in [0.1, 0.15) is 32.6 Å². The minimum absolute atomic E-state index is 0.190. The number of hydrogen-bond donors (Lipinski definition) is 0. The summed E-state index contributed by atoms with van der Waals surface area (Å²) in [6.45, 7) is 6.46. The highest BCUT2D eigenvalue weighted by Gasteiger charge is 2.08. The quantitative estimate of drug-likeness (QED) is 0.456. The summed E-state index contributed by atoms with van der Waals surface area (Å²) in [5.74, 6) is 1.37. The lowest BCUT2D eigenvalue weighted by molar-refractivity contribution is 0.135. The number of methoxy groups -OCH3 is 2. The van der Waals surface area contributed by atoms with Gasteiger partial charge in [-0.2, -0.15) is 0 Å². The highest BCUT2D eigenvalue weighted by molar-refractivity contribution is 5.26. The summed E-state index contributed by atoms with van der Waals surface area (Å²) in [5.41, 5.74) is 1.15. The first-order valence-corrected chi connectivity index (χ1v) is 7.85. The van der Waals surface area contributed by atoms with Crippen LogP contribution in [-0.4, -0.2) is 26.9 Å². The molecule has 0 bridgehead atoms. The molecule has 22 heavy (non-hydrogen) atoms. The molecule has 0 saturated heterocycles. The topological polar surface area (TPSA) is 27.7 Å². The Kier molecular flexibility index (Phi) is 9.08. The van der Waals surface area contributed by atoms with Gasteiger partial charge in [-0.05, 0) is 37.0 Å². The van der Waals surface area contributed by atoms with Crippen LogP contribution in [0, 0.1) is 0 Å². The van der Waals surface area contributed by atoms with E-state index in [1.807, 2.05) is 6.08 Å². The smallest absolute Gasteiger partial charge is 0.161 e. The second-order valence-corrected chi connectivity index (χ2v) is 5.11. The molecule has 0 radical (unpaired) electrons. The first-order valence-electron chi connectivity index (χ1n) is 7.85. The van der Waals surface area contributed by atoms with Crippen molar-refractivity contribution in [2.24, 2.45) is 0 Å². The van der Waals surface area contributed by atoms with E-state index in [0.717, 1.165) is 31.3 Å². The van der Waals surface area contributed by atoms with Crippen LogP contribution >= 0.6 is 0 Å². The lowest BCUT2D eigenvalue weighted by atomic mass is 10.2. The number of unbranched alkanes of at least 4 members (excludes halogenated alkanes) is 1. The van der Waals surface area contributed by atoms with E-state index in [1.165, 1.54) is 0 Å². The molecule has 3 nitrogen and oxygen atoms in total. The minimum atomic E-state index is 0.190. The molecule has 1 aliphatic carbocycles. The molecule has 0 aliphatic heterocycles. The largest absolute Gasteiger partial charge is 0.493 e. The molecule has 1 rings (SSSR count). The maximum Gasteiger partial charge on any atom is 0.161 e. The molecule has 0 spiro atoms. The van der Waals surface area contributed by atoms with E-state index in [0.29, 0.717) is 18.1 Å². The van der Waals surface area contributed by atoms with Crippen LogP contribution in [0.25, 0.3) is 0 Å². The van der Waals surface area contributed by atoms with Gasteiger partial charge in [-0.25, -0.2) is 0 Å². The summed E-state index contributed by atoms with van der Waals surface area (Å²) in [5, 5.41) is 0. The van der Waals surface area contributed by atoms with Gasteiger partial charge in [-0.1, -0.05) is 44.2 Å². The maximum absolute atomic E-state index is 5.86. The first-order chi connectivity index (χ1) is 10.7. The van der Waals surface area contributed by atoms with E-state index in [-0.39, 0.29) is 6.10 Å². The van der Waals surface area contributed by atoms with Gasteiger partial charge in [0.05, 0.1) is 13.2 Å². The Balaban J connectivity index is 2.69. The summed E-state index contributed by atoms with van der Waals surface area (Å²) >= 11 is 0. The highest BCUT2D eigenvalue weighted by Crippen LogP contribution is 2.17. The van der Waals surface area contributed by atoms with Crippen LogP contribution in [0.2, 0.25) is 0 Å². The van der Waals surface area contributed by atoms with Gasteiger partial charge < -0.3 is 14.2 Å². The normalized spacial score (nSPS) is 19.4. The van der Waals surface area contributed by atoms with Crippen molar-refractivity contribution in [3.05, 3.63) is 60.1 Å². The number of rotatable bonds is 9. The summed E-state index contributed by atoms with van der Waals surface area (Å²) < 4.78 is 16.6. The predicted octanol–water partition coefficient (Wildman–Crippen LogP) is 4.69. The molecule has 0 heterocycles. The molecule has 0 aromatic heterocycles. The highest BCUT2D eigenvalue weighted by atomic mass is 16.5. The first kappa shape index (κ1) is 18.3. The van der Waals surface area contributed by atoms with Crippen molar-refractivity contribution in [1.29, 1.82) is 0 Å². The molecule has 1 unspecified atom stereocenters. The lowest BCUT2D eigenvalue weighted by Gasteiger charge is -2.11. The molecular weight excluding hydrogens is 276 g/mol. The molecule has 1 atom stereocenters. The maximum atomic E-state index is 5.86. The molecule has 0 fully saturated rings. The number of hydrogen-bond acceptors (Lipinski definition) is 3. The molecule has 0 aromatic rings. The van der Waals surface area contributed by atoms with Gasteiger partial charge in [0.25, 0.3) is 0 Å². The Bertz CT molecular complexity index is 455. The fourth-order valence-electron chi connectivity index (χ4n) is 2.13. The Labute approximate surface area is 134 Å². The van der Waals surface area contributed by atoms with Crippen molar-refractivity contribution in [3.8, 4) is 0 Å². The van der Waals surface area contributed by atoms with Gasteiger partial charge in [-0.15, -0.1) is 0 Å². The van der Waals surface area contributed by atoms with Crippen LogP contribution in [0.4, 0.5) is 0 Å². The second kappa shape index (κ2) is 10.9. The van der Waals surface area contributed by atoms with E-state index >= 15 is 0 Å². The average Bonchev–Trinajstić information content (AvgIpc) is 2.78. The third-order valence-electron chi connectivity index (χ3n) is 3.45. The van der Waals surface area contributed by atoms with Gasteiger partial charge >= 0.3 is 0 Å². The van der Waals surface area contributed by atoms with Gasteiger partial charge in [-0.3, -0.25) is 0 Å². The standard InChI is InChI=1S/C19H28O3/c1-5-7-8-12-19(21-4)18(6-2)22-15-16-10-9-11-17(20-3)14-13-16/h6,8,10,12-14,17H,2,5,7,9,11,15H2,1,3-4H3/b12-8+,19-18-. The Hall–Kier alpha value is -1.74. The molecule has 1 aliphatic rings. The van der Waals surface area contributed by atoms with Gasteiger partial charge in [0.2, 0.25) is 0 Å². The third-order valence-corrected chi connectivity index (χ3v) is 3.45. The van der Waals surface area contributed by atoms with Crippen LogP contribution in [0.3, 0.4) is 0 Å². The molecule has 3 heteroatoms. The van der Waals surface area contributed by atoms with Crippen LogP contribution < -0.4 is 0 Å². The van der Waals surface area contributed by atoms with Gasteiger partial charge in [0, 0.05) is 7.11 Å². The van der Waals surface area contributed by atoms with Crippen molar-refractivity contribution in [2.75, 3.05) is 20.8 Å². The molecule has 0 saturated carbocycles. The van der Waals surface area contributed by atoms with E-state index in [9.17, 15) is 0 Å². The SMILES string of the molecule is C=C/C(OCC1=CCCC(OC)C=C1)=C(\C=C\CCC)OC. The monoisotopic (exact) mass is 304 g/mol. The minimum Gasteiger partial charge on any atom is -0.493 e. The van der Waals surface area contributed by atoms with Crippen molar-refractivity contribution in [2.45, 2.75) is 38.7 Å². The zero-order valence-corrected chi connectivity index (χ0v) is 14.0. The van der Waals surface area contributed by atoms with E-state index < -0.39 is 0 Å². The Morgan fingerprint density at radius 2 is 2.18 bits per heavy atom. The average molecular weight is 304 g/mol. The predicted molar refractivity (Wildman–Crippen MR) is 91.5 cm³/mol. The van der Waals surface area contributed by atoms with Crippen molar-refractivity contribution in [1.82, 2.24) is 0 Å². The fraction of sp³-hybridized carbons (Fsp3) is 0.474. The summed E-state index contributed by atoms with van der Waals surface area (Å²) in [6.07, 6.45) is 16.4. The molecule has 0 N–H and O–H groups in total. The molecular formula is C19H28O3. The van der Waals surface area contributed by atoms with Crippen molar-refractivity contribution >= 4 is 0 Å². The summed E-state index contributed by atoms with van der Waals surface area (Å²) in [6, 6.07) is 0. The van der Waals surface area contributed by atoms with Crippen LogP contribution in [0.5, 0.6) is 0 Å². The van der Waals surface area contributed by atoms with Crippen molar-refractivity contribution in [3.63, 3.8) is 0 Å². The zero-order chi connectivity index (χ0) is 16.2. The van der Waals surface area contributed by atoms with Gasteiger partial charge in [0.1, 0.15) is 6.61 Å². The van der Waals surface area contributed by atoms with E-state index in [2.05, 4.69) is 37.8 Å². The Morgan fingerprint density at radius 3 is 2.82 bits per heavy atom. The summed E-state index contributed by atoms with van der Waals surface area (Å²) in [4.78, 5) is 0. The fourth-order valence-corrected chi connectivity index (χ4v) is 2.13. The van der Waals surface area contributed by atoms with E-state index in [1.54, 1.807) is 20.3 Å². The third kappa shape index (κ3) is 6.35. The van der Waals surface area contributed by atoms with Crippen molar-refractivity contribution < 1.29 is 14.2 Å². The molecule has 0 amide bonds.